The molecule has 3 rings (SSSR count). The van der Waals surface area contributed by atoms with E-state index in [1.54, 1.807) is 0 Å². The first-order valence-electron chi connectivity index (χ1n) is 8.12. The van der Waals surface area contributed by atoms with Crippen LogP contribution in [-0.2, 0) is 19.1 Å². The van der Waals surface area contributed by atoms with Crippen molar-refractivity contribution in [2.45, 2.75) is 58.2 Å². The Bertz CT molecular complexity index is 490. The number of carbonyl (C=O) groups excluding carboxylic acids is 2. The first kappa shape index (κ1) is 15.8. The molecule has 0 radical (unpaired) electrons. The van der Waals surface area contributed by atoms with Crippen molar-refractivity contribution in [1.82, 2.24) is 4.90 Å². The SMILES string of the molecule is C[C@@H]1CN(C2C(=O)C(=[N+]3C[C@@H](C)O[C@@H](C)C3)C2=O)C[C@H](C)O1. The zero-order valence-electron chi connectivity index (χ0n) is 13.7. The van der Waals surface area contributed by atoms with Gasteiger partial charge in [0.25, 0.3) is 17.3 Å². The van der Waals surface area contributed by atoms with Gasteiger partial charge >= 0.3 is 0 Å². The lowest BCUT2D eigenvalue weighted by Crippen LogP contribution is -2.68. The van der Waals surface area contributed by atoms with Crippen molar-refractivity contribution in [3.63, 3.8) is 0 Å². The zero-order chi connectivity index (χ0) is 16.0. The Morgan fingerprint density at radius 3 is 1.82 bits per heavy atom. The molecule has 0 aromatic carbocycles. The molecule has 0 N–H and O–H groups in total. The topological polar surface area (TPSA) is 58.8 Å². The first-order valence-corrected chi connectivity index (χ1v) is 8.12. The van der Waals surface area contributed by atoms with Crippen molar-refractivity contribution < 1.29 is 23.6 Å². The Labute approximate surface area is 131 Å². The van der Waals surface area contributed by atoms with Crippen LogP contribution in [0.25, 0.3) is 0 Å². The van der Waals surface area contributed by atoms with Gasteiger partial charge in [0.1, 0.15) is 12.2 Å². The highest BCUT2D eigenvalue weighted by Gasteiger charge is 2.56. The van der Waals surface area contributed by atoms with E-state index in [4.69, 9.17) is 9.47 Å². The van der Waals surface area contributed by atoms with Crippen LogP contribution in [0, 0.1) is 0 Å². The molecule has 0 unspecified atom stereocenters. The average Bonchev–Trinajstić information content (AvgIpc) is 2.36. The van der Waals surface area contributed by atoms with E-state index in [1.165, 1.54) is 0 Å². The third kappa shape index (κ3) is 2.75. The summed E-state index contributed by atoms with van der Waals surface area (Å²) in [5.41, 5.74) is 0.374. The van der Waals surface area contributed by atoms with Gasteiger partial charge in [0.15, 0.2) is 19.1 Å². The summed E-state index contributed by atoms with van der Waals surface area (Å²) >= 11 is 0. The number of carbonyl (C=O) groups is 2. The van der Waals surface area contributed by atoms with Crippen LogP contribution >= 0.6 is 0 Å². The summed E-state index contributed by atoms with van der Waals surface area (Å²) in [6, 6.07) is -0.600. The summed E-state index contributed by atoms with van der Waals surface area (Å²) in [5, 5.41) is 0. The van der Waals surface area contributed by atoms with Crippen LogP contribution in [-0.4, -0.2) is 83.4 Å². The lowest BCUT2D eigenvalue weighted by Gasteiger charge is -2.41. The predicted octanol–water partition coefficient (Wildman–Crippen LogP) is -0.123. The summed E-state index contributed by atoms with van der Waals surface area (Å²) in [4.78, 5) is 27.1. The highest BCUT2D eigenvalue weighted by Crippen LogP contribution is 2.22. The molecule has 0 amide bonds. The zero-order valence-corrected chi connectivity index (χ0v) is 13.7. The quantitative estimate of drug-likeness (QED) is 0.499. The molecule has 22 heavy (non-hydrogen) atoms. The Hall–Kier alpha value is -1.11. The molecular formula is C16H25N2O4+. The smallest absolute Gasteiger partial charge is 0.291 e. The summed E-state index contributed by atoms with van der Waals surface area (Å²) < 4.78 is 13.3. The lowest BCUT2D eigenvalue weighted by molar-refractivity contribution is -0.565. The lowest BCUT2D eigenvalue weighted by atomic mass is 9.83. The van der Waals surface area contributed by atoms with E-state index in [9.17, 15) is 9.59 Å². The Balaban J connectivity index is 1.77. The summed E-state index contributed by atoms with van der Waals surface area (Å²) in [6.07, 6.45) is 0.187. The van der Waals surface area contributed by atoms with Crippen LogP contribution < -0.4 is 0 Å². The molecule has 2 saturated heterocycles. The van der Waals surface area contributed by atoms with Crippen molar-refractivity contribution in [3.8, 4) is 0 Å². The molecule has 1 saturated carbocycles. The normalized spacial score (nSPS) is 40.8. The second-order valence-corrected chi connectivity index (χ2v) is 6.85. The monoisotopic (exact) mass is 309 g/mol. The number of ether oxygens (including phenoxy) is 2. The number of Topliss-reactive ketones (excluding diaryl/α,β-unsaturated/α-hetero) is 2. The number of ketones is 2. The molecule has 0 spiro atoms. The number of nitrogens with zero attached hydrogens (tertiary/aromatic N) is 2. The van der Waals surface area contributed by atoms with Crippen LogP contribution in [0.4, 0.5) is 0 Å². The highest BCUT2D eigenvalue weighted by molar-refractivity contribution is 6.79. The van der Waals surface area contributed by atoms with Gasteiger partial charge in [-0.25, -0.2) is 4.58 Å². The minimum Gasteiger partial charge on any atom is -0.373 e. The number of hydrogen-bond acceptors (Lipinski definition) is 5. The molecule has 122 valence electrons. The van der Waals surface area contributed by atoms with Crippen molar-refractivity contribution in [3.05, 3.63) is 0 Å². The minimum absolute atomic E-state index is 0.0346. The molecule has 3 fully saturated rings. The van der Waals surface area contributed by atoms with E-state index in [0.717, 1.165) is 0 Å². The second kappa shape index (κ2) is 5.83. The molecule has 1 aliphatic carbocycles. The summed E-state index contributed by atoms with van der Waals surface area (Å²) in [6.45, 7) is 10.4. The molecule has 4 atom stereocenters. The fraction of sp³-hybridized carbons (Fsp3) is 0.812. The second-order valence-electron chi connectivity index (χ2n) is 6.85. The van der Waals surface area contributed by atoms with E-state index >= 15 is 0 Å². The maximum absolute atomic E-state index is 12.6. The molecule has 6 heteroatoms. The minimum atomic E-state index is -0.600. The van der Waals surface area contributed by atoms with Gasteiger partial charge in [-0.05, 0) is 27.7 Å². The molecule has 0 aromatic heterocycles. The summed E-state index contributed by atoms with van der Waals surface area (Å²) in [7, 11) is 0. The van der Waals surface area contributed by atoms with Crippen LogP contribution in [0.15, 0.2) is 0 Å². The molecule has 2 heterocycles. The number of morpholine rings is 2. The van der Waals surface area contributed by atoms with Gasteiger partial charge in [-0.1, -0.05) is 0 Å². The van der Waals surface area contributed by atoms with E-state index in [2.05, 4.69) is 0 Å². The standard InChI is InChI=1S/C16H25N2O4/c1-9-5-17(6-10(2)21-9)13-15(19)14(16(13)20)18-7-11(3)22-12(4)8-18/h9-13H,5-8H2,1-4H3/q+1/t9-,10+,11-,12+,13?. The summed E-state index contributed by atoms with van der Waals surface area (Å²) in [5.74, 6) is -0.0693. The van der Waals surface area contributed by atoms with Gasteiger partial charge in [0.2, 0.25) is 0 Å². The van der Waals surface area contributed by atoms with Crippen molar-refractivity contribution in [2.24, 2.45) is 0 Å². The Morgan fingerprint density at radius 2 is 1.32 bits per heavy atom. The van der Waals surface area contributed by atoms with E-state index in [0.29, 0.717) is 31.9 Å². The Morgan fingerprint density at radius 1 is 0.864 bits per heavy atom. The molecule has 3 aliphatic rings. The van der Waals surface area contributed by atoms with Crippen molar-refractivity contribution in [1.29, 1.82) is 0 Å². The molecule has 0 aromatic rings. The van der Waals surface area contributed by atoms with Gasteiger partial charge in [-0.15, -0.1) is 0 Å². The molecule has 6 nitrogen and oxygen atoms in total. The van der Waals surface area contributed by atoms with Crippen LogP contribution in [0.5, 0.6) is 0 Å². The van der Waals surface area contributed by atoms with E-state index in [1.807, 2.05) is 37.2 Å². The van der Waals surface area contributed by atoms with Gasteiger partial charge in [-0.3, -0.25) is 14.5 Å². The third-order valence-electron chi connectivity index (χ3n) is 4.51. The van der Waals surface area contributed by atoms with Gasteiger partial charge in [0.05, 0.1) is 12.2 Å². The predicted molar refractivity (Wildman–Crippen MR) is 80.4 cm³/mol. The molecular weight excluding hydrogens is 284 g/mol. The number of hydrogen-bond donors (Lipinski definition) is 0. The van der Waals surface area contributed by atoms with Gasteiger partial charge in [0, 0.05) is 13.1 Å². The number of rotatable bonds is 1. The van der Waals surface area contributed by atoms with Gasteiger partial charge in [-0.2, -0.15) is 0 Å². The fourth-order valence-corrected chi connectivity index (χ4v) is 3.85. The maximum Gasteiger partial charge on any atom is 0.291 e. The van der Waals surface area contributed by atoms with Crippen LogP contribution in [0.1, 0.15) is 27.7 Å². The Kier molecular flexibility index (Phi) is 4.18. The maximum atomic E-state index is 12.6. The van der Waals surface area contributed by atoms with Crippen LogP contribution in [0.3, 0.4) is 0 Å². The van der Waals surface area contributed by atoms with Gasteiger partial charge < -0.3 is 9.47 Å². The van der Waals surface area contributed by atoms with E-state index in [-0.39, 0.29) is 36.0 Å². The highest BCUT2D eigenvalue weighted by atomic mass is 16.5. The average molecular weight is 309 g/mol. The van der Waals surface area contributed by atoms with Crippen LogP contribution in [0.2, 0.25) is 0 Å². The molecule has 0 bridgehead atoms. The third-order valence-corrected chi connectivity index (χ3v) is 4.51. The van der Waals surface area contributed by atoms with E-state index < -0.39 is 6.04 Å². The first-order chi connectivity index (χ1) is 10.4. The largest absolute Gasteiger partial charge is 0.373 e. The fourth-order valence-electron chi connectivity index (χ4n) is 3.85. The van der Waals surface area contributed by atoms with Crippen molar-refractivity contribution in [2.75, 3.05) is 26.2 Å². The van der Waals surface area contributed by atoms with Crippen molar-refractivity contribution >= 4 is 17.3 Å². The molecule has 2 aliphatic heterocycles.